The van der Waals surface area contributed by atoms with Gasteiger partial charge in [-0.1, -0.05) is 0 Å². The lowest BCUT2D eigenvalue weighted by Crippen LogP contribution is -2.09. The number of methoxy groups -OCH3 is 1. The second kappa shape index (κ2) is 8.22. The van der Waals surface area contributed by atoms with Crippen LogP contribution >= 0.6 is 0 Å². The van der Waals surface area contributed by atoms with Gasteiger partial charge in [0.25, 0.3) is 0 Å². The SMILES string of the molecule is COc1ccc2[nH]cc(CCNc3nc(C)cc(Nc4ccc5[nH]c(C)nc5c4)n3)c2c1. The maximum absolute atomic E-state index is 5.36. The molecule has 3 heterocycles. The van der Waals surface area contributed by atoms with Gasteiger partial charge < -0.3 is 25.3 Å². The van der Waals surface area contributed by atoms with Gasteiger partial charge in [0.2, 0.25) is 5.95 Å². The summed E-state index contributed by atoms with van der Waals surface area (Å²) in [4.78, 5) is 20.2. The van der Waals surface area contributed by atoms with Crippen LogP contribution in [0.25, 0.3) is 21.9 Å². The zero-order valence-corrected chi connectivity index (χ0v) is 18.3. The van der Waals surface area contributed by atoms with Gasteiger partial charge in [0.05, 0.1) is 18.1 Å². The van der Waals surface area contributed by atoms with E-state index in [-0.39, 0.29) is 0 Å². The van der Waals surface area contributed by atoms with Gasteiger partial charge in [-0.2, -0.15) is 4.98 Å². The monoisotopic (exact) mass is 427 g/mol. The molecule has 0 bridgehead atoms. The zero-order chi connectivity index (χ0) is 22.1. The number of benzene rings is 2. The zero-order valence-electron chi connectivity index (χ0n) is 18.3. The molecule has 0 aliphatic rings. The number of nitrogens with one attached hydrogen (secondary N) is 4. The molecule has 2 aromatic carbocycles. The number of H-pyrrole nitrogens is 2. The van der Waals surface area contributed by atoms with Gasteiger partial charge in [0.1, 0.15) is 17.4 Å². The molecule has 162 valence electrons. The molecule has 0 aliphatic carbocycles. The lowest BCUT2D eigenvalue weighted by molar-refractivity contribution is 0.415. The maximum atomic E-state index is 5.36. The van der Waals surface area contributed by atoms with Gasteiger partial charge in [-0.3, -0.25) is 0 Å². The molecule has 8 nitrogen and oxygen atoms in total. The number of anilines is 3. The Bertz CT molecular complexity index is 1400. The third-order valence-corrected chi connectivity index (χ3v) is 5.38. The van der Waals surface area contributed by atoms with Gasteiger partial charge in [-0.25, -0.2) is 9.97 Å². The number of rotatable bonds is 7. The highest BCUT2D eigenvalue weighted by Crippen LogP contribution is 2.24. The van der Waals surface area contributed by atoms with Crippen molar-refractivity contribution < 1.29 is 4.74 Å². The van der Waals surface area contributed by atoms with Crippen LogP contribution in [0.4, 0.5) is 17.5 Å². The van der Waals surface area contributed by atoms with Crippen molar-refractivity contribution in [2.75, 3.05) is 24.3 Å². The van der Waals surface area contributed by atoms with E-state index in [1.807, 2.05) is 56.4 Å². The first kappa shape index (κ1) is 19.9. The Kier molecular flexibility index (Phi) is 5.10. The second-order valence-corrected chi connectivity index (χ2v) is 7.80. The summed E-state index contributed by atoms with van der Waals surface area (Å²) >= 11 is 0. The number of aromatic nitrogens is 5. The highest BCUT2D eigenvalue weighted by atomic mass is 16.5. The van der Waals surface area contributed by atoms with Crippen molar-refractivity contribution >= 4 is 39.4 Å². The fourth-order valence-electron chi connectivity index (χ4n) is 3.87. The molecule has 0 radical (unpaired) electrons. The average molecular weight is 428 g/mol. The first-order valence-electron chi connectivity index (χ1n) is 10.5. The van der Waals surface area contributed by atoms with E-state index in [0.717, 1.165) is 51.7 Å². The Hall–Kier alpha value is -4.07. The molecular weight excluding hydrogens is 402 g/mol. The van der Waals surface area contributed by atoms with Crippen molar-refractivity contribution in [3.8, 4) is 5.75 Å². The van der Waals surface area contributed by atoms with E-state index in [2.05, 4.69) is 41.6 Å². The van der Waals surface area contributed by atoms with Crippen LogP contribution in [0.3, 0.4) is 0 Å². The number of imidazole rings is 1. The van der Waals surface area contributed by atoms with Gasteiger partial charge >= 0.3 is 0 Å². The number of fused-ring (bicyclic) bond motifs is 2. The third kappa shape index (κ3) is 4.07. The molecular formula is C24H25N7O. The van der Waals surface area contributed by atoms with Crippen molar-refractivity contribution in [2.24, 2.45) is 0 Å². The fraction of sp³-hybridized carbons (Fsp3) is 0.208. The minimum atomic E-state index is 0.599. The van der Waals surface area contributed by atoms with Crippen molar-refractivity contribution in [1.82, 2.24) is 24.9 Å². The van der Waals surface area contributed by atoms with Crippen LogP contribution in [-0.2, 0) is 6.42 Å². The molecule has 0 saturated heterocycles. The fourth-order valence-corrected chi connectivity index (χ4v) is 3.87. The first-order valence-corrected chi connectivity index (χ1v) is 10.5. The van der Waals surface area contributed by atoms with Gasteiger partial charge in [-0.05, 0) is 62.2 Å². The number of aryl methyl sites for hydroxylation is 2. The van der Waals surface area contributed by atoms with Gasteiger partial charge in [0, 0.05) is 41.1 Å². The number of hydrogen-bond donors (Lipinski definition) is 4. The van der Waals surface area contributed by atoms with E-state index in [1.54, 1.807) is 7.11 Å². The van der Waals surface area contributed by atoms with Crippen LogP contribution in [-0.4, -0.2) is 38.6 Å². The molecule has 8 heteroatoms. The smallest absolute Gasteiger partial charge is 0.224 e. The molecule has 0 aliphatic heterocycles. The standard InChI is InChI=1S/C24H25N7O/c1-14-10-23(30-17-4-6-21-22(11-17)29-15(2)28-21)31-24(27-14)25-9-8-16-13-26-20-7-5-18(32-3)12-19(16)20/h4-7,10-13,26H,8-9H2,1-3H3,(H,28,29)(H2,25,27,30,31). The van der Waals surface area contributed by atoms with Crippen molar-refractivity contribution in [3.63, 3.8) is 0 Å². The third-order valence-electron chi connectivity index (χ3n) is 5.38. The quantitative estimate of drug-likeness (QED) is 0.296. The Morgan fingerprint density at radius 3 is 2.72 bits per heavy atom. The predicted molar refractivity (Wildman–Crippen MR) is 128 cm³/mol. The number of aromatic amines is 2. The normalized spacial score (nSPS) is 11.2. The Morgan fingerprint density at radius 2 is 1.84 bits per heavy atom. The van der Waals surface area contributed by atoms with E-state index < -0.39 is 0 Å². The second-order valence-electron chi connectivity index (χ2n) is 7.80. The van der Waals surface area contributed by atoms with Crippen LogP contribution in [0.2, 0.25) is 0 Å². The summed E-state index contributed by atoms with van der Waals surface area (Å²) < 4.78 is 5.36. The number of hydrogen-bond acceptors (Lipinski definition) is 6. The summed E-state index contributed by atoms with van der Waals surface area (Å²) in [5.74, 6) is 3.09. The lowest BCUT2D eigenvalue weighted by Gasteiger charge is -2.10. The maximum Gasteiger partial charge on any atom is 0.224 e. The van der Waals surface area contributed by atoms with Crippen molar-refractivity contribution in [2.45, 2.75) is 20.3 Å². The number of ether oxygens (including phenoxy) is 1. The Morgan fingerprint density at radius 1 is 0.969 bits per heavy atom. The predicted octanol–water partition coefficient (Wildman–Crippen LogP) is 4.86. The first-order chi connectivity index (χ1) is 15.6. The van der Waals surface area contributed by atoms with E-state index in [1.165, 1.54) is 10.9 Å². The molecule has 0 unspecified atom stereocenters. The van der Waals surface area contributed by atoms with Crippen LogP contribution < -0.4 is 15.4 Å². The van der Waals surface area contributed by atoms with Crippen LogP contribution in [0, 0.1) is 13.8 Å². The average Bonchev–Trinajstić information content (AvgIpc) is 3.35. The summed E-state index contributed by atoms with van der Waals surface area (Å²) in [7, 11) is 1.68. The molecule has 0 atom stereocenters. The molecule has 4 N–H and O–H groups in total. The molecule has 0 amide bonds. The van der Waals surface area contributed by atoms with Gasteiger partial charge in [0.15, 0.2) is 0 Å². The van der Waals surface area contributed by atoms with Crippen LogP contribution in [0.15, 0.2) is 48.7 Å². The van der Waals surface area contributed by atoms with Gasteiger partial charge in [-0.15, -0.1) is 0 Å². The summed E-state index contributed by atoms with van der Waals surface area (Å²) in [6.07, 6.45) is 2.88. The largest absolute Gasteiger partial charge is 0.497 e. The summed E-state index contributed by atoms with van der Waals surface area (Å²) in [5, 5.41) is 7.88. The van der Waals surface area contributed by atoms with Crippen molar-refractivity contribution in [1.29, 1.82) is 0 Å². The van der Waals surface area contributed by atoms with E-state index >= 15 is 0 Å². The van der Waals surface area contributed by atoms with Crippen LogP contribution in [0.1, 0.15) is 17.1 Å². The van der Waals surface area contributed by atoms with E-state index in [9.17, 15) is 0 Å². The topological polar surface area (TPSA) is 104 Å². The molecule has 3 aromatic heterocycles. The molecule has 0 saturated carbocycles. The summed E-state index contributed by atoms with van der Waals surface area (Å²) in [6.45, 7) is 4.63. The van der Waals surface area contributed by atoms with E-state index in [4.69, 9.17) is 4.74 Å². The molecule has 32 heavy (non-hydrogen) atoms. The highest BCUT2D eigenvalue weighted by Gasteiger charge is 2.08. The molecule has 0 spiro atoms. The number of nitrogens with zero attached hydrogens (tertiary/aromatic N) is 3. The minimum absolute atomic E-state index is 0.599. The Balaban J connectivity index is 1.28. The van der Waals surface area contributed by atoms with Crippen LogP contribution in [0.5, 0.6) is 5.75 Å². The van der Waals surface area contributed by atoms with Crippen molar-refractivity contribution in [3.05, 3.63) is 65.7 Å². The minimum Gasteiger partial charge on any atom is -0.497 e. The lowest BCUT2D eigenvalue weighted by atomic mass is 10.1. The summed E-state index contributed by atoms with van der Waals surface area (Å²) in [5.41, 5.74) is 6.08. The summed E-state index contributed by atoms with van der Waals surface area (Å²) in [6, 6.07) is 14.0. The molecule has 5 aromatic rings. The Labute approximate surface area is 185 Å². The molecule has 0 fully saturated rings. The molecule has 5 rings (SSSR count). The highest BCUT2D eigenvalue weighted by molar-refractivity contribution is 5.84. The van der Waals surface area contributed by atoms with E-state index in [0.29, 0.717) is 12.5 Å².